The van der Waals surface area contributed by atoms with Crippen LogP contribution < -0.4 is 5.32 Å². The SMILES string of the molecule is Cc1c(C(=O)OC2CCCCC2)sc2ncnc(Nc3cccc(Cl)c3Cl)c12. The van der Waals surface area contributed by atoms with Gasteiger partial charge in [0.25, 0.3) is 0 Å². The maximum absolute atomic E-state index is 12.8. The molecule has 1 aliphatic rings. The van der Waals surface area contributed by atoms with Crippen molar-refractivity contribution in [3.63, 3.8) is 0 Å². The van der Waals surface area contributed by atoms with Crippen molar-refractivity contribution >= 4 is 62.2 Å². The maximum atomic E-state index is 12.8. The molecule has 3 aromatic rings. The molecule has 0 bridgehead atoms. The van der Waals surface area contributed by atoms with Crippen LogP contribution in [0.15, 0.2) is 24.5 Å². The van der Waals surface area contributed by atoms with E-state index in [1.54, 1.807) is 6.07 Å². The first-order chi connectivity index (χ1) is 13.5. The number of esters is 1. The van der Waals surface area contributed by atoms with Gasteiger partial charge < -0.3 is 10.1 Å². The number of hydrogen-bond donors (Lipinski definition) is 1. The molecule has 4 rings (SSSR count). The molecule has 0 saturated heterocycles. The van der Waals surface area contributed by atoms with Gasteiger partial charge in [0.2, 0.25) is 0 Å². The van der Waals surface area contributed by atoms with Crippen LogP contribution in [0, 0.1) is 6.92 Å². The number of halogens is 2. The highest BCUT2D eigenvalue weighted by Gasteiger charge is 2.24. The van der Waals surface area contributed by atoms with Crippen molar-refractivity contribution in [2.45, 2.75) is 45.1 Å². The summed E-state index contributed by atoms with van der Waals surface area (Å²) in [6.07, 6.45) is 6.81. The highest BCUT2D eigenvalue weighted by Crippen LogP contribution is 2.37. The standard InChI is InChI=1S/C20H19Cl2N3O2S/c1-11-15-18(25-14-9-5-8-13(21)16(14)22)23-10-24-19(15)28-17(11)20(26)27-12-6-3-2-4-7-12/h5,8-10,12H,2-4,6-7H2,1H3,(H,23,24,25). The van der Waals surface area contributed by atoms with E-state index in [-0.39, 0.29) is 12.1 Å². The van der Waals surface area contributed by atoms with Gasteiger partial charge in [-0.1, -0.05) is 35.7 Å². The molecule has 1 aliphatic carbocycles. The Labute approximate surface area is 177 Å². The number of carbonyl (C=O) groups excluding carboxylic acids is 1. The molecule has 1 saturated carbocycles. The van der Waals surface area contributed by atoms with Gasteiger partial charge >= 0.3 is 5.97 Å². The first-order valence-electron chi connectivity index (χ1n) is 9.20. The first kappa shape index (κ1) is 19.4. The van der Waals surface area contributed by atoms with Gasteiger partial charge in [-0.25, -0.2) is 14.8 Å². The third-order valence-electron chi connectivity index (χ3n) is 4.94. The topological polar surface area (TPSA) is 64.1 Å². The zero-order chi connectivity index (χ0) is 19.7. The summed E-state index contributed by atoms with van der Waals surface area (Å²) >= 11 is 13.7. The lowest BCUT2D eigenvalue weighted by molar-refractivity contribution is 0.0216. The number of nitrogens with one attached hydrogen (secondary N) is 1. The van der Waals surface area contributed by atoms with Gasteiger partial charge in [0.1, 0.15) is 28.0 Å². The Morgan fingerprint density at radius 3 is 2.79 bits per heavy atom. The van der Waals surface area contributed by atoms with Crippen LogP contribution >= 0.6 is 34.5 Å². The number of aromatic nitrogens is 2. The van der Waals surface area contributed by atoms with Crippen molar-refractivity contribution < 1.29 is 9.53 Å². The molecule has 0 spiro atoms. The fourth-order valence-electron chi connectivity index (χ4n) is 3.48. The zero-order valence-electron chi connectivity index (χ0n) is 15.3. The fraction of sp³-hybridized carbons (Fsp3) is 0.350. The Hall–Kier alpha value is -1.89. The van der Waals surface area contributed by atoms with Gasteiger partial charge in [0, 0.05) is 0 Å². The van der Waals surface area contributed by atoms with Crippen molar-refractivity contribution in [1.82, 2.24) is 9.97 Å². The molecule has 8 heteroatoms. The van der Waals surface area contributed by atoms with E-state index in [4.69, 9.17) is 27.9 Å². The van der Waals surface area contributed by atoms with Crippen LogP contribution in [0.3, 0.4) is 0 Å². The molecular formula is C20H19Cl2N3O2S. The number of aryl methyl sites for hydroxylation is 1. The molecule has 146 valence electrons. The second kappa shape index (κ2) is 8.23. The largest absolute Gasteiger partial charge is 0.458 e. The quantitative estimate of drug-likeness (QED) is 0.471. The van der Waals surface area contributed by atoms with E-state index < -0.39 is 0 Å². The van der Waals surface area contributed by atoms with E-state index in [0.717, 1.165) is 41.5 Å². The summed E-state index contributed by atoms with van der Waals surface area (Å²) in [6, 6.07) is 5.35. The van der Waals surface area contributed by atoms with Crippen LogP contribution in [0.25, 0.3) is 10.2 Å². The molecule has 0 radical (unpaired) electrons. The predicted molar refractivity (Wildman–Crippen MR) is 114 cm³/mol. The highest BCUT2D eigenvalue weighted by atomic mass is 35.5. The number of thiophene rings is 1. The summed E-state index contributed by atoms with van der Waals surface area (Å²) in [7, 11) is 0. The lowest BCUT2D eigenvalue weighted by atomic mass is 9.98. The molecule has 0 atom stereocenters. The molecule has 28 heavy (non-hydrogen) atoms. The molecule has 0 unspecified atom stereocenters. The lowest BCUT2D eigenvalue weighted by Gasteiger charge is -2.21. The normalized spacial score (nSPS) is 15.0. The molecule has 1 aromatic carbocycles. The molecule has 2 heterocycles. The predicted octanol–water partition coefficient (Wildman–Crippen LogP) is 6.54. The van der Waals surface area contributed by atoms with Crippen molar-refractivity contribution in [3.05, 3.63) is 45.0 Å². The van der Waals surface area contributed by atoms with Gasteiger partial charge in [-0.2, -0.15) is 0 Å². The Balaban J connectivity index is 1.66. The van der Waals surface area contributed by atoms with E-state index in [1.165, 1.54) is 24.1 Å². The number of anilines is 2. The summed E-state index contributed by atoms with van der Waals surface area (Å²) in [5, 5.41) is 4.88. The van der Waals surface area contributed by atoms with Crippen LogP contribution in [0.4, 0.5) is 11.5 Å². The Bertz CT molecular complexity index is 1030. The van der Waals surface area contributed by atoms with E-state index in [9.17, 15) is 4.79 Å². The number of ether oxygens (including phenoxy) is 1. The molecule has 0 aliphatic heterocycles. The minimum absolute atomic E-state index is 0.0137. The highest BCUT2D eigenvalue weighted by molar-refractivity contribution is 7.20. The fourth-order valence-corrected chi connectivity index (χ4v) is 4.86. The second-order valence-corrected chi connectivity index (χ2v) is 8.63. The second-order valence-electron chi connectivity index (χ2n) is 6.85. The maximum Gasteiger partial charge on any atom is 0.348 e. The van der Waals surface area contributed by atoms with Gasteiger partial charge in [0.05, 0.1) is 21.1 Å². The van der Waals surface area contributed by atoms with Crippen LogP contribution in [0.1, 0.15) is 47.3 Å². The zero-order valence-corrected chi connectivity index (χ0v) is 17.6. The van der Waals surface area contributed by atoms with Gasteiger partial charge in [-0.15, -0.1) is 11.3 Å². The summed E-state index contributed by atoms with van der Waals surface area (Å²) in [6.45, 7) is 1.89. The van der Waals surface area contributed by atoms with E-state index in [2.05, 4.69) is 15.3 Å². The molecule has 1 fully saturated rings. The number of carbonyl (C=O) groups is 1. The third kappa shape index (κ3) is 3.81. The Morgan fingerprint density at radius 1 is 1.21 bits per heavy atom. The molecule has 1 N–H and O–H groups in total. The van der Waals surface area contributed by atoms with Crippen molar-refractivity contribution in [2.75, 3.05) is 5.32 Å². The summed E-state index contributed by atoms with van der Waals surface area (Å²) in [5.41, 5.74) is 1.45. The summed E-state index contributed by atoms with van der Waals surface area (Å²) in [5.74, 6) is 0.304. The smallest absolute Gasteiger partial charge is 0.348 e. The number of nitrogens with zero attached hydrogens (tertiary/aromatic N) is 2. The van der Waals surface area contributed by atoms with Gasteiger partial charge in [-0.3, -0.25) is 0 Å². The van der Waals surface area contributed by atoms with Crippen molar-refractivity contribution in [3.8, 4) is 0 Å². The minimum atomic E-state index is -0.279. The van der Waals surface area contributed by atoms with Crippen LogP contribution in [0.5, 0.6) is 0 Å². The number of benzene rings is 1. The Kier molecular flexibility index (Phi) is 5.71. The number of hydrogen-bond acceptors (Lipinski definition) is 6. The first-order valence-corrected chi connectivity index (χ1v) is 10.8. The summed E-state index contributed by atoms with van der Waals surface area (Å²) in [4.78, 5) is 22.7. The minimum Gasteiger partial charge on any atom is -0.458 e. The third-order valence-corrected chi connectivity index (χ3v) is 6.94. The van der Waals surface area contributed by atoms with E-state index in [1.807, 2.05) is 19.1 Å². The molecular weight excluding hydrogens is 417 g/mol. The van der Waals surface area contributed by atoms with Crippen LogP contribution in [0.2, 0.25) is 10.0 Å². The van der Waals surface area contributed by atoms with Gasteiger partial charge in [0.15, 0.2) is 0 Å². The van der Waals surface area contributed by atoms with Crippen molar-refractivity contribution in [1.29, 1.82) is 0 Å². The molecule has 5 nitrogen and oxygen atoms in total. The van der Waals surface area contributed by atoms with Crippen LogP contribution in [-0.4, -0.2) is 22.0 Å². The van der Waals surface area contributed by atoms with Crippen molar-refractivity contribution in [2.24, 2.45) is 0 Å². The number of rotatable bonds is 4. The summed E-state index contributed by atoms with van der Waals surface area (Å²) < 4.78 is 5.75. The molecule has 0 amide bonds. The molecule has 2 aromatic heterocycles. The van der Waals surface area contributed by atoms with Gasteiger partial charge in [-0.05, 0) is 50.3 Å². The van der Waals surface area contributed by atoms with E-state index in [0.29, 0.717) is 26.4 Å². The monoisotopic (exact) mass is 435 g/mol. The Morgan fingerprint density at radius 2 is 2.00 bits per heavy atom. The lowest BCUT2D eigenvalue weighted by Crippen LogP contribution is -2.20. The number of fused-ring (bicyclic) bond motifs is 1. The average Bonchev–Trinajstić information content (AvgIpc) is 3.04. The average molecular weight is 436 g/mol. The van der Waals surface area contributed by atoms with E-state index >= 15 is 0 Å². The van der Waals surface area contributed by atoms with Crippen LogP contribution in [-0.2, 0) is 4.74 Å².